The van der Waals surface area contributed by atoms with Gasteiger partial charge < -0.3 is 10.1 Å². The van der Waals surface area contributed by atoms with Crippen molar-refractivity contribution in [3.63, 3.8) is 0 Å². The SMILES string of the molecule is Cc1cc(Cl)ccc1OCn1ccc(C(=O)Nc2ccccc2)n1. The second-order valence-electron chi connectivity index (χ2n) is 5.24. The molecule has 3 rings (SSSR count). The van der Waals surface area contributed by atoms with Gasteiger partial charge in [0.05, 0.1) is 0 Å². The molecule has 1 aromatic heterocycles. The normalized spacial score (nSPS) is 10.4. The van der Waals surface area contributed by atoms with E-state index < -0.39 is 0 Å². The van der Waals surface area contributed by atoms with Crippen LogP contribution in [0.5, 0.6) is 5.75 Å². The van der Waals surface area contributed by atoms with Crippen LogP contribution in [0.2, 0.25) is 5.02 Å². The van der Waals surface area contributed by atoms with Crippen molar-refractivity contribution >= 4 is 23.2 Å². The smallest absolute Gasteiger partial charge is 0.276 e. The Morgan fingerprint density at radius 2 is 2.00 bits per heavy atom. The zero-order chi connectivity index (χ0) is 16.9. The Bertz CT molecular complexity index is 846. The lowest BCUT2D eigenvalue weighted by Crippen LogP contribution is -2.14. The standard InChI is InChI=1S/C18H16ClN3O2/c1-13-11-14(19)7-8-17(13)24-12-22-10-9-16(21-22)18(23)20-15-5-3-2-4-6-15/h2-11H,12H2,1H3,(H,20,23). The summed E-state index contributed by atoms with van der Waals surface area (Å²) in [5.41, 5.74) is 2.00. The molecule has 5 nitrogen and oxygen atoms in total. The Morgan fingerprint density at radius 1 is 1.21 bits per heavy atom. The van der Waals surface area contributed by atoms with Crippen molar-refractivity contribution in [1.82, 2.24) is 9.78 Å². The van der Waals surface area contributed by atoms with Crippen LogP contribution in [0.4, 0.5) is 5.69 Å². The summed E-state index contributed by atoms with van der Waals surface area (Å²) in [6, 6.07) is 16.3. The Balaban J connectivity index is 1.62. The van der Waals surface area contributed by atoms with Gasteiger partial charge in [0.2, 0.25) is 0 Å². The minimum atomic E-state index is -0.261. The van der Waals surface area contributed by atoms with Crippen LogP contribution in [0.25, 0.3) is 0 Å². The fraction of sp³-hybridized carbons (Fsp3) is 0.111. The summed E-state index contributed by atoms with van der Waals surface area (Å²) in [7, 11) is 0. The van der Waals surface area contributed by atoms with Crippen molar-refractivity contribution in [3.05, 3.63) is 77.1 Å². The number of nitrogens with zero attached hydrogens (tertiary/aromatic N) is 2. The van der Waals surface area contributed by atoms with E-state index in [0.717, 1.165) is 17.0 Å². The number of aryl methyl sites for hydroxylation is 1. The number of nitrogens with one attached hydrogen (secondary N) is 1. The third-order valence-corrected chi connectivity index (χ3v) is 3.63. The summed E-state index contributed by atoms with van der Waals surface area (Å²) in [5, 5.41) is 7.68. The number of ether oxygens (including phenoxy) is 1. The highest BCUT2D eigenvalue weighted by Crippen LogP contribution is 2.22. The highest BCUT2D eigenvalue weighted by atomic mass is 35.5. The van der Waals surface area contributed by atoms with Crippen LogP contribution in [0.1, 0.15) is 16.1 Å². The van der Waals surface area contributed by atoms with Crippen LogP contribution in [0.3, 0.4) is 0 Å². The Kier molecular flexibility index (Phi) is 4.82. The van der Waals surface area contributed by atoms with Gasteiger partial charge in [-0.05, 0) is 48.9 Å². The number of aromatic nitrogens is 2. The van der Waals surface area contributed by atoms with Gasteiger partial charge in [-0.2, -0.15) is 5.10 Å². The highest BCUT2D eigenvalue weighted by molar-refractivity contribution is 6.30. The molecule has 0 saturated heterocycles. The van der Waals surface area contributed by atoms with Crippen LogP contribution in [0.15, 0.2) is 60.8 Å². The molecule has 3 aromatic rings. The van der Waals surface area contributed by atoms with Gasteiger partial charge in [0.25, 0.3) is 5.91 Å². The maximum Gasteiger partial charge on any atom is 0.276 e. The average Bonchev–Trinajstić information content (AvgIpc) is 3.04. The Morgan fingerprint density at radius 3 is 2.75 bits per heavy atom. The van der Waals surface area contributed by atoms with Crippen LogP contribution in [-0.4, -0.2) is 15.7 Å². The number of para-hydroxylation sites is 1. The van der Waals surface area contributed by atoms with Gasteiger partial charge in [-0.1, -0.05) is 29.8 Å². The summed E-state index contributed by atoms with van der Waals surface area (Å²) in [5.74, 6) is 0.466. The molecule has 0 aliphatic heterocycles. The predicted molar refractivity (Wildman–Crippen MR) is 93.4 cm³/mol. The summed E-state index contributed by atoms with van der Waals surface area (Å²) in [6.07, 6.45) is 1.70. The van der Waals surface area contributed by atoms with E-state index in [0.29, 0.717) is 10.7 Å². The van der Waals surface area contributed by atoms with E-state index in [-0.39, 0.29) is 12.6 Å². The van der Waals surface area contributed by atoms with E-state index in [2.05, 4.69) is 10.4 Å². The van der Waals surface area contributed by atoms with Gasteiger partial charge in [0.1, 0.15) is 5.75 Å². The largest absolute Gasteiger partial charge is 0.471 e. The van der Waals surface area contributed by atoms with Gasteiger partial charge in [-0.15, -0.1) is 0 Å². The molecule has 1 heterocycles. The first-order valence-electron chi connectivity index (χ1n) is 7.40. The second-order valence-corrected chi connectivity index (χ2v) is 5.68. The van der Waals surface area contributed by atoms with E-state index in [1.807, 2.05) is 49.4 Å². The summed E-state index contributed by atoms with van der Waals surface area (Å²) >= 11 is 5.92. The van der Waals surface area contributed by atoms with Crippen molar-refractivity contribution in [2.24, 2.45) is 0 Å². The molecule has 0 bridgehead atoms. The molecule has 0 fully saturated rings. The lowest BCUT2D eigenvalue weighted by atomic mass is 10.2. The molecule has 0 saturated carbocycles. The van der Waals surface area contributed by atoms with E-state index in [1.165, 1.54) is 0 Å². The van der Waals surface area contributed by atoms with Crippen molar-refractivity contribution in [2.75, 3.05) is 5.32 Å². The fourth-order valence-electron chi connectivity index (χ4n) is 2.18. The molecule has 122 valence electrons. The molecule has 0 radical (unpaired) electrons. The minimum absolute atomic E-state index is 0.209. The number of amides is 1. The van der Waals surface area contributed by atoms with E-state index in [4.69, 9.17) is 16.3 Å². The van der Waals surface area contributed by atoms with Gasteiger partial charge in [-0.3, -0.25) is 4.79 Å². The molecule has 24 heavy (non-hydrogen) atoms. The number of carbonyl (C=O) groups is 1. The van der Waals surface area contributed by atoms with Crippen LogP contribution in [0, 0.1) is 6.92 Å². The molecular formula is C18H16ClN3O2. The van der Waals surface area contributed by atoms with Crippen molar-refractivity contribution < 1.29 is 9.53 Å². The molecular weight excluding hydrogens is 326 g/mol. The van der Waals surface area contributed by atoms with E-state index in [1.54, 1.807) is 23.0 Å². The molecule has 0 aliphatic carbocycles. The lowest BCUT2D eigenvalue weighted by molar-refractivity contribution is 0.102. The highest BCUT2D eigenvalue weighted by Gasteiger charge is 2.10. The van der Waals surface area contributed by atoms with Gasteiger partial charge >= 0.3 is 0 Å². The predicted octanol–water partition coefficient (Wildman–Crippen LogP) is 4.13. The van der Waals surface area contributed by atoms with E-state index in [9.17, 15) is 4.79 Å². The number of hydrogen-bond donors (Lipinski definition) is 1. The molecule has 0 atom stereocenters. The first-order chi connectivity index (χ1) is 11.6. The fourth-order valence-corrected chi connectivity index (χ4v) is 2.41. The summed E-state index contributed by atoms with van der Waals surface area (Å²) < 4.78 is 7.26. The quantitative estimate of drug-likeness (QED) is 0.759. The molecule has 0 spiro atoms. The molecule has 0 unspecified atom stereocenters. The number of benzene rings is 2. The Labute approximate surface area is 144 Å². The van der Waals surface area contributed by atoms with E-state index >= 15 is 0 Å². The van der Waals surface area contributed by atoms with Crippen molar-refractivity contribution in [2.45, 2.75) is 13.7 Å². The van der Waals surface area contributed by atoms with Gasteiger partial charge in [0.15, 0.2) is 12.4 Å². The first-order valence-corrected chi connectivity index (χ1v) is 7.78. The Hall–Kier alpha value is -2.79. The zero-order valence-corrected chi connectivity index (χ0v) is 13.8. The monoisotopic (exact) mass is 341 g/mol. The maximum absolute atomic E-state index is 12.2. The van der Waals surface area contributed by atoms with Gasteiger partial charge in [0, 0.05) is 16.9 Å². The number of rotatable bonds is 5. The molecule has 6 heteroatoms. The minimum Gasteiger partial charge on any atom is -0.471 e. The zero-order valence-electron chi connectivity index (χ0n) is 13.1. The molecule has 0 aliphatic rings. The van der Waals surface area contributed by atoms with Gasteiger partial charge in [-0.25, -0.2) is 4.68 Å². The summed E-state index contributed by atoms with van der Waals surface area (Å²) in [6.45, 7) is 2.13. The van der Waals surface area contributed by atoms with Crippen LogP contribution < -0.4 is 10.1 Å². The number of carbonyl (C=O) groups excluding carboxylic acids is 1. The van der Waals surface area contributed by atoms with Crippen LogP contribution in [-0.2, 0) is 6.73 Å². The van der Waals surface area contributed by atoms with Crippen molar-refractivity contribution in [1.29, 1.82) is 0 Å². The average molecular weight is 342 g/mol. The lowest BCUT2D eigenvalue weighted by Gasteiger charge is -2.09. The maximum atomic E-state index is 12.2. The number of anilines is 1. The second kappa shape index (κ2) is 7.19. The third kappa shape index (κ3) is 3.94. The molecule has 1 N–H and O–H groups in total. The van der Waals surface area contributed by atoms with Crippen LogP contribution >= 0.6 is 11.6 Å². The topological polar surface area (TPSA) is 56.1 Å². The third-order valence-electron chi connectivity index (χ3n) is 3.39. The first kappa shape index (κ1) is 16.1. The number of hydrogen-bond acceptors (Lipinski definition) is 3. The van der Waals surface area contributed by atoms with Crippen molar-refractivity contribution in [3.8, 4) is 5.75 Å². The molecule has 2 aromatic carbocycles. The number of halogens is 1. The summed E-state index contributed by atoms with van der Waals surface area (Å²) in [4.78, 5) is 12.2. The molecule has 1 amide bonds.